The molecule has 1 aromatic carbocycles. The summed E-state index contributed by atoms with van der Waals surface area (Å²) in [5, 5.41) is 11.9. The molecule has 1 heterocycles. The number of urea groups is 1. The third kappa shape index (κ3) is 2.35. The van der Waals surface area contributed by atoms with Crippen molar-refractivity contribution >= 4 is 17.7 Å². The van der Waals surface area contributed by atoms with Crippen molar-refractivity contribution in [2.24, 2.45) is 0 Å². The number of carboxylic acid groups (broad SMARTS) is 1. The monoisotopic (exact) mass is 274 g/mol. The van der Waals surface area contributed by atoms with Crippen molar-refractivity contribution in [3.63, 3.8) is 0 Å². The lowest BCUT2D eigenvalue weighted by atomic mass is 10.1. The number of nitrogens with zero attached hydrogens (tertiary/aromatic N) is 1. The fourth-order valence-corrected chi connectivity index (χ4v) is 3.11. The molecule has 1 aromatic rings. The fraction of sp³-hybridized carbons (Fsp3) is 0.467. The number of anilines is 1. The zero-order valence-corrected chi connectivity index (χ0v) is 11.3. The van der Waals surface area contributed by atoms with E-state index in [9.17, 15) is 9.59 Å². The van der Waals surface area contributed by atoms with Gasteiger partial charge < -0.3 is 15.3 Å². The van der Waals surface area contributed by atoms with Crippen LogP contribution in [-0.4, -0.2) is 34.6 Å². The average Bonchev–Trinajstić information content (AvgIpc) is 3.06. The Bertz CT molecular complexity index is 556. The molecule has 3 rings (SSSR count). The van der Waals surface area contributed by atoms with E-state index >= 15 is 0 Å². The number of aryl methyl sites for hydroxylation is 2. The van der Waals surface area contributed by atoms with Crippen molar-refractivity contribution in [2.45, 2.75) is 38.1 Å². The molecule has 2 aliphatic rings. The number of carboxylic acids is 1. The molecule has 2 N–H and O–H groups in total. The number of amides is 2. The summed E-state index contributed by atoms with van der Waals surface area (Å²) < 4.78 is 0. The van der Waals surface area contributed by atoms with Gasteiger partial charge in [-0.3, -0.25) is 0 Å². The van der Waals surface area contributed by atoms with Crippen LogP contribution >= 0.6 is 0 Å². The van der Waals surface area contributed by atoms with E-state index in [1.165, 1.54) is 22.4 Å². The van der Waals surface area contributed by atoms with Crippen molar-refractivity contribution < 1.29 is 14.7 Å². The molecule has 20 heavy (non-hydrogen) atoms. The molecule has 5 heteroatoms. The van der Waals surface area contributed by atoms with E-state index in [1.54, 1.807) is 0 Å². The molecular formula is C15H18N2O3. The lowest BCUT2D eigenvalue weighted by Crippen LogP contribution is -2.42. The van der Waals surface area contributed by atoms with Gasteiger partial charge in [-0.05, 0) is 55.4 Å². The molecule has 0 unspecified atom stereocenters. The van der Waals surface area contributed by atoms with Crippen LogP contribution < -0.4 is 5.32 Å². The molecule has 0 radical (unpaired) electrons. The first-order valence-corrected chi connectivity index (χ1v) is 7.07. The highest BCUT2D eigenvalue weighted by Gasteiger charge is 2.34. The standard InChI is InChI=1S/C15H18N2O3/c18-14(19)13-5-2-8-17(13)15(20)16-12-7-6-10-3-1-4-11(10)9-12/h6-7,9,13H,1-5,8H2,(H,16,20)(H,18,19)/t13-/m0/s1. The molecule has 0 saturated carbocycles. The Hall–Kier alpha value is -2.04. The molecule has 5 nitrogen and oxygen atoms in total. The molecule has 0 bridgehead atoms. The topological polar surface area (TPSA) is 69.6 Å². The SMILES string of the molecule is O=C(O)[C@@H]1CCCN1C(=O)Nc1ccc2c(c1)CCC2. The number of fused-ring (bicyclic) bond motifs is 1. The molecule has 1 aliphatic carbocycles. The third-order valence-electron chi connectivity index (χ3n) is 4.15. The Labute approximate surface area is 117 Å². The van der Waals surface area contributed by atoms with Gasteiger partial charge in [-0.15, -0.1) is 0 Å². The summed E-state index contributed by atoms with van der Waals surface area (Å²) in [6, 6.07) is 4.95. The van der Waals surface area contributed by atoms with E-state index in [2.05, 4.69) is 11.4 Å². The number of nitrogens with one attached hydrogen (secondary N) is 1. The number of aliphatic carboxylic acids is 1. The maximum atomic E-state index is 12.2. The fourth-order valence-electron chi connectivity index (χ4n) is 3.11. The zero-order chi connectivity index (χ0) is 14.1. The Morgan fingerprint density at radius 1 is 1.20 bits per heavy atom. The van der Waals surface area contributed by atoms with Crippen molar-refractivity contribution in [3.8, 4) is 0 Å². The van der Waals surface area contributed by atoms with Gasteiger partial charge >= 0.3 is 12.0 Å². The van der Waals surface area contributed by atoms with Gasteiger partial charge in [0.05, 0.1) is 0 Å². The van der Waals surface area contributed by atoms with Crippen LogP contribution in [0.5, 0.6) is 0 Å². The zero-order valence-electron chi connectivity index (χ0n) is 11.3. The first-order valence-electron chi connectivity index (χ1n) is 7.07. The predicted molar refractivity (Wildman–Crippen MR) is 74.8 cm³/mol. The number of rotatable bonds is 2. The Morgan fingerprint density at radius 2 is 2.00 bits per heavy atom. The summed E-state index contributed by atoms with van der Waals surface area (Å²) in [5.74, 6) is -0.924. The maximum absolute atomic E-state index is 12.2. The van der Waals surface area contributed by atoms with Crippen LogP contribution in [0.3, 0.4) is 0 Å². The van der Waals surface area contributed by atoms with Gasteiger partial charge in [-0.25, -0.2) is 9.59 Å². The second-order valence-electron chi connectivity index (χ2n) is 5.46. The van der Waals surface area contributed by atoms with Crippen molar-refractivity contribution in [3.05, 3.63) is 29.3 Å². The average molecular weight is 274 g/mol. The lowest BCUT2D eigenvalue weighted by Gasteiger charge is -2.22. The van der Waals surface area contributed by atoms with E-state index in [0.29, 0.717) is 13.0 Å². The minimum atomic E-state index is -0.924. The van der Waals surface area contributed by atoms with Gasteiger partial charge in [0.25, 0.3) is 0 Å². The van der Waals surface area contributed by atoms with Crippen LogP contribution in [-0.2, 0) is 17.6 Å². The number of benzene rings is 1. The van der Waals surface area contributed by atoms with Gasteiger partial charge in [0.2, 0.25) is 0 Å². The van der Waals surface area contributed by atoms with Gasteiger partial charge in [0, 0.05) is 12.2 Å². The van der Waals surface area contributed by atoms with E-state index in [0.717, 1.165) is 24.9 Å². The minimum absolute atomic E-state index is 0.312. The number of hydrogen-bond donors (Lipinski definition) is 2. The van der Waals surface area contributed by atoms with E-state index in [-0.39, 0.29) is 6.03 Å². The normalized spacial score (nSPS) is 20.8. The molecule has 1 atom stereocenters. The first-order chi connectivity index (χ1) is 9.65. The van der Waals surface area contributed by atoms with Crippen LogP contribution in [0.2, 0.25) is 0 Å². The number of carbonyl (C=O) groups excluding carboxylic acids is 1. The summed E-state index contributed by atoms with van der Waals surface area (Å²) in [5.41, 5.74) is 3.40. The van der Waals surface area contributed by atoms with Crippen molar-refractivity contribution in [2.75, 3.05) is 11.9 Å². The Morgan fingerprint density at radius 3 is 2.80 bits per heavy atom. The summed E-state index contributed by atoms with van der Waals surface area (Å²) in [7, 11) is 0. The highest BCUT2D eigenvalue weighted by Crippen LogP contribution is 2.25. The molecule has 1 fully saturated rings. The summed E-state index contributed by atoms with van der Waals surface area (Å²) in [6.45, 7) is 0.508. The quantitative estimate of drug-likeness (QED) is 0.869. The second-order valence-corrected chi connectivity index (χ2v) is 5.46. The van der Waals surface area contributed by atoms with E-state index < -0.39 is 12.0 Å². The van der Waals surface area contributed by atoms with Crippen LogP contribution in [0.4, 0.5) is 10.5 Å². The predicted octanol–water partition coefficient (Wildman–Crippen LogP) is 2.26. The maximum Gasteiger partial charge on any atom is 0.326 e. The lowest BCUT2D eigenvalue weighted by molar-refractivity contribution is -0.141. The van der Waals surface area contributed by atoms with Crippen molar-refractivity contribution in [1.29, 1.82) is 0 Å². The van der Waals surface area contributed by atoms with Gasteiger partial charge in [-0.1, -0.05) is 6.07 Å². The van der Waals surface area contributed by atoms with Crippen LogP contribution in [0, 0.1) is 0 Å². The van der Waals surface area contributed by atoms with Gasteiger partial charge in [0.15, 0.2) is 0 Å². The molecule has 0 aromatic heterocycles. The van der Waals surface area contributed by atoms with Crippen LogP contribution in [0.25, 0.3) is 0 Å². The number of carbonyl (C=O) groups is 2. The highest BCUT2D eigenvalue weighted by atomic mass is 16.4. The van der Waals surface area contributed by atoms with E-state index in [4.69, 9.17) is 5.11 Å². The van der Waals surface area contributed by atoms with Crippen LogP contribution in [0.15, 0.2) is 18.2 Å². The van der Waals surface area contributed by atoms with Gasteiger partial charge in [0.1, 0.15) is 6.04 Å². The number of hydrogen-bond acceptors (Lipinski definition) is 2. The summed E-state index contributed by atoms with van der Waals surface area (Å²) >= 11 is 0. The molecule has 2 amide bonds. The summed E-state index contributed by atoms with van der Waals surface area (Å²) in [4.78, 5) is 24.7. The molecule has 1 aliphatic heterocycles. The molecule has 1 saturated heterocycles. The molecule has 106 valence electrons. The van der Waals surface area contributed by atoms with Crippen molar-refractivity contribution in [1.82, 2.24) is 4.90 Å². The largest absolute Gasteiger partial charge is 0.480 e. The molecular weight excluding hydrogens is 256 g/mol. The van der Waals surface area contributed by atoms with E-state index in [1.807, 2.05) is 12.1 Å². The summed E-state index contributed by atoms with van der Waals surface area (Å²) in [6.07, 6.45) is 4.61. The smallest absolute Gasteiger partial charge is 0.326 e. The first kappa shape index (κ1) is 13.0. The number of likely N-dealkylation sites (tertiary alicyclic amines) is 1. The Balaban J connectivity index is 1.71. The highest BCUT2D eigenvalue weighted by molar-refractivity contribution is 5.92. The van der Waals surface area contributed by atoms with Crippen LogP contribution in [0.1, 0.15) is 30.4 Å². The van der Waals surface area contributed by atoms with Gasteiger partial charge in [-0.2, -0.15) is 0 Å². The Kier molecular flexibility index (Phi) is 3.34. The molecule has 0 spiro atoms. The third-order valence-corrected chi connectivity index (χ3v) is 4.15. The minimum Gasteiger partial charge on any atom is -0.480 e. The second kappa shape index (κ2) is 5.15.